The Hall–Kier alpha value is -1.79. The Morgan fingerprint density at radius 1 is 1.32 bits per heavy atom. The van der Waals surface area contributed by atoms with Crippen molar-refractivity contribution in [1.29, 1.82) is 0 Å². The van der Waals surface area contributed by atoms with Gasteiger partial charge in [0.15, 0.2) is 0 Å². The molecule has 1 fully saturated rings. The molecule has 1 aliphatic carbocycles. The zero-order valence-corrected chi connectivity index (χ0v) is 13.1. The summed E-state index contributed by atoms with van der Waals surface area (Å²) in [5.41, 5.74) is -1.78. The maximum absolute atomic E-state index is 13.3. The number of nitrogens with one attached hydrogen (secondary N) is 1. The molecule has 4 nitrogen and oxygen atoms in total. The summed E-state index contributed by atoms with van der Waals surface area (Å²) in [5.74, 6) is -0.532. The van der Waals surface area contributed by atoms with Gasteiger partial charge < -0.3 is 10.2 Å². The van der Waals surface area contributed by atoms with Crippen LogP contribution in [0, 0.1) is 0 Å². The highest BCUT2D eigenvalue weighted by molar-refractivity contribution is 5.96. The summed E-state index contributed by atoms with van der Waals surface area (Å²) in [5, 5.41) is 2.89. The first-order valence-electron chi connectivity index (χ1n) is 7.11. The van der Waals surface area contributed by atoms with Crippen LogP contribution in [-0.4, -0.2) is 34.4 Å². The average molecular weight is 315 g/mol. The van der Waals surface area contributed by atoms with Crippen molar-refractivity contribution in [2.24, 2.45) is 0 Å². The van der Waals surface area contributed by atoms with Gasteiger partial charge in [0.1, 0.15) is 5.82 Å². The van der Waals surface area contributed by atoms with Gasteiger partial charge in [0.05, 0.1) is 11.1 Å². The Morgan fingerprint density at radius 3 is 2.36 bits per heavy atom. The van der Waals surface area contributed by atoms with Crippen LogP contribution in [-0.2, 0) is 6.18 Å². The molecule has 1 heterocycles. The average Bonchev–Trinajstić information content (AvgIpc) is 3.18. The minimum Gasteiger partial charge on any atom is -0.365 e. The molecule has 122 valence electrons. The van der Waals surface area contributed by atoms with Gasteiger partial charge in [0.25, 0.3) is 5.91 Å². The van der Waals surface area contributed by atoms with Crippen molar-refractivity contribution >= 4 is 11.7 Å². The van der Waals surface area contributed by atoms with Crippen molar-refractivity contribution in [2.45, 2.75) is 51.4 Å². The molecule has 0 radical (unpaired) electrons. The van der Waals surface area contributed by atoms with E-state index in [4.69, 9.17) is 0 Å². The first-order chi connectivity index (χ1) is 9.99. The number of anilines is 1. The van der Waals surface area contributed by atoms with E-state index in [2.05, 4.69) is 10.3 Å². The van der Waals surface area contributed by atoms with Crippen LogP contribution in [0.1, 0.15) is 49.5 Å². The highest BCUT2D eigenvalue weighted by Crippen LogP contribution is 2.35. The van der Waals surface area contributed by atoms with E-state index in [9.17, 15) is 18.0 Å². The lowest BCUT2D eigenvalue weighted by Gasteiger charge is -2.23. The fourth-order valence-corrected chi connectivity index (χ4v) is 2.13. The maximum atomic E-state index is 13.3. The molecule has 0 unspecified atom stereocenters. The molecule has 1 amide bonds. The van der Waals surface area contributed by atoms with Gasteiger partial charge in [0, 0.05) is 24.8 Å². The number of carbonyl (C=O) groups is 1. The molecule has 1 aromatic rings. The quantitative estimate of drug-likeness (QED) is 0.928. The van der Waals surface area contributed by atoms with Crippen LogP contribution in [0.15, 0.2) is 12.3 Å². The van der Waals surface area contributed by atoms with Crippen LogP contribution in [0.5, 0.6) is 0 Å². The number of alkyl halides is 3. The van der Waals surface area contributed by atoms with E-state index in [1.165, 1.54) is 11.9 Å². The summed E-state index contributed by atoms with van der Waals surface area (Å²) in [6, 6.07) is 0.945. The number of hydrogen-bond donors (Lipinski definition) is 1. The van der Waals surface area contributed by atoms with E-state index >= 15 is 0 Å². The number of pyridine rings is 1. The van der Waals surface area contributed by atoms with Crippen LogP contribution in [0.25, 0.3) is 0 Å². The summed E-state index contributed by atoms with van der Waals surface area (Å²) >= 11 is 0. The molecule has 0 bridgehead atoms. The molecule has 1 aliphatic rings. The first-order valence-corrected chi connectivity index (χ1v) is 7.11. The van der Waals surface area contributed by atoms with E-state index < -0.39 is 28.7 Å². The summed E-state index contributed by atoms with van der Waals surface area (Å²) in [6.45, 7) is 5.46. The second-order valence-electron chi connectivity index (χ2n) is 6.64. The molecule has 0 saturated heterocycles. The molecule has 2 rings (SSSR count). The van der Waals surface area contributed by atoms with E-state index in [0.717, 1.165) is 25.1 Å². The monoisotopic (exact) mass is 315 g/mol. The van der Waals surface area contributed by atoms with E-state index in [0.29, 0.717) is 0 Å². The first kappa shape index (κ1) is 16.6. The van der Waals surface area contributed by atoms with Gasteiger partial charge in [-0.1, -0.05) is 0 Å². The highest BCUT2D eigenvalue weighted by atomic mass is 19.4. The third-order valence-corrected chi connectivity index (χ3v) is 3.36. The van der Waals surface area contributed by atoms with Crippen molar-refractivity contribution < 1.29 is 18.0 Å². The normalized spacial score (nSPS) is 15.6. The zero-order valence-electron chi connectivity index (χ0n) is 13.1. The number of rotatable bonds is 3. The summed E-state index contributed by atoms with van der Waals surface area (Å²) in [6.07, 6.45) is -1.92. The molecule has 7 heteroatoms. The predicted molar refractivity (Wildman–Crippen MR) is 77.7 cm³/mol. The van der Waals surface area contributed by atoms with Crippen LogP contribution in [0.4, 0.5) is 19.0 Å². The lowest BCUT2D eigenvalue weighted by Crippen LogP contribution is -2.31. The number of carbonyl (C=O) groups excluding carboxylic acids is 1. The molecule has 22 heavy (non-hydrogen) atoms. The number of halogens is 3. The summed E-state index contributed by atoms with van der Waals surface area (Å²) in [7, 11) is 1.53. The van der Waals surface area contributed by atoms with Gasteiger partial charge in [-0.3, -0.25) is 4.79 Å². The van der Waals surface area contributed by atoms with Crippen molar-refractivity contribution in [3.63, 3.8) is 0 Å². The molecule has 1 aromatic heterocycles. The zero-order chi connectivity index (χ0) is 16.7. The number of aromatic nitrogens is 1. The van der Waals surface area contributed by atoms with Crippen LogP contribution < -0.4 is 5.32 Å². The Labute approximate surface area is 127 Å². The van der Waals surface area contributed by atoms with E-state index in [-0.39, 0.29) is 11.9 Å². The van der Waals surface area contributed by atoms with Crippen molar-refractivity contribution in [3.8, 4) is 0 Å². The van der Waals surface area contributed by atoms with Crippen molar-refractivity contribution in [2.75, 3.05) is 12.4 Å². The fraction of sp³-hybridized carbons (Fsp3) is 0.600. The van der Waals surface area contributed by atoms with E-state index in [1.807, 2.05) is 20.8 Å². The molecular formula is C15H20F3N3O. The third kappa shape index (κ3) is 3.90. The topological polar surface area (TPSA) is 45.2 Å². The van der Waals surface area contributed by atoms with Gasteiger partial charge in [0.2, 0.25) is 0 Å². The highest BCUT2D eigenvalue weighted by Gasteiger charge is 2.39. The van der Waals surface area contributed by atoms with Gasteiger partial charge in [-0.2, -0.15) is 13.2 Å². The Morgan fingerprint density at radius 2 is 1.91 bits per heavy atom. The summed E-state index contributed by atoms with van der Waals surface area (Å²) < 4.78 is 39.8. The lowest BCUT2D eigenvalue weighted by atomic mass is 10.1. The number of amides is 1. The lowest BCUT2D eigenvalue weighted by molar-refractivity contribution is -0.138. The molecule has 0 atom stereocenters. The van der Waals surface area contributed by atoms with Crippen LogP contribution in [0.2, 0.25) is 0 Å². The molecule has 0 aliphatic heterocycles. The molecule has 0 aromatic carbocycles. The second kappa shape index (κ2) is 5.44. The van der Waals surface area contributed by atoms with Gasteiger partial charge in [-0.25, -0.2) is 4.98 Å². The second-order valence-corrected chi connectivity index (χ2v) is 6.64. The van der Waals surface area contributed by atoms with Crippen molar-refractivity contribution in [3.05, 3.63) is 23.4 Å². The minimum atomic E-state index is -4.60. The predicted octanol–water partition coefficient (Wildman–Crippen LogP) is 3.55. The molecular weight excluding hydrogens is 295 g/mol. The smallest absolute Gasteiger partial charge is 0.365 e. The van der Waals surface area contributed by atoms with E-state index in [1.54, 1.807) is 0 Å². The largest absolute Gasteiger partial charge is 0.417 e. The molecule has 0 spiro atoms. The third-order valence-electron chi connectivity index (χ3n) is 3.36. The van der Waals surface area contributed by atoms with Gasteiger partial charge >= 0.3 is 6.18 Å². The SMILES string of the molecule is CN(C(=O)c1cnc(NC(C)(C)C)cc1C(F)(F)F)C1CC1. The minimum absolute atomic E-state index is 0.0426. The molecule has 1 saturated carbocycles. The van der Waals surface area contributed by atoms with Crippen molar-refractivity contribution in [1.82, 2.24) is 9.88 Å². The Kier molecular flexibility index (Phi) is 4.10. The fourth-order valence-electron chi connectivity index (χ4n) is 2.13. The maximum Gasteiger partial charge on any atom is 0.417 e. The Balaban J connectivity index is 2.38. The number of hydrogen-bond acceptors (Lipinski definition) is 3. The van der Waals surface area contributed by atoms with Crippen LogP contribution >= 0.6 is 0 Å². The molecule has 1 N–H and O–H groups in total. The summed E-state index contributed by atoms with van der Waals surface area (Å²) in [4.78, 5) is 17.6. The van der Waals surface area contributed by atoms with Gasteiger partial charge in [-0.15, -0.1) is 0 Å². The Bertz CT molecular complexity index is 574. The van der Waals surface area contributed by atoms with Crippen LogP contribution in [0.3, 0.4) is 0 Å². The standard InChI is InChI=1S/C15H20F3N3O/c1-14(2,3)20-12-7-11(15(16,17)18)10(8-19-12)13(22)21(4)9-5-6-9/h7-9H,5-6H2,1-4H3,(H,19,20). The number of nitrogens with zero attached hydrogens (tertiary/aromatic N) is 2. The van der Waals surface area contributed by atoms with Gasteiger partial charge in [-0.05, 0) is 39.7 Å².